The Kier molecular flexibility index (Phi) is 3.13. The second-order valence-electron chi connectivity index (χ2n) is 4.95. The zero-order chi connectivity index (χ0) is 10.8. The van der Waals surface area contributed by atoms with E-state index in [1.165, 1.54) is 19.3 Å². The molecule has 2 heteroatoms. The molecule has 0 spiro atoms. The minimum atomic E-state index is 0.258. The van der Waals surface area contributed by atoms with E-state index < -0.39 is 0 Å². The normalized spacial score (nSPS) is 41.7. The standard InChI is InChI=1S/C13H21NO/c1-9-10-7-5-3-4-6-8-11(10)12(9)13(15)14-2/h3-4,9-12H,5-8H2,1-2H3,(H,14,15)/b4-3+. The van der Waals surface area contributed by atoms with Crippen molar-refractivity contribution in [1.82, 2.24) is 5.32 Å². The lowest BCUT2D eigenvalue weighted by Gasteiger charge is -2.50. The summed E-state index contributed by atoms with van der Waals surface area (Å²) in [6, 6.07) is 0. The topological polar surface area (TPSA) is 29.1 Å². The van der Waals surface area contributed by atoms with Crippen LogP contribution >= 0.6 is 0 Å². The van der Waals surface area contributed by atoms with Crippen molar-refractivity contribution >= 4 is 5.91 Å². The van der Waals surface area contributed by atoms with Crippen molar-refractivity contribution in [3.8, 4) is 0 Å². The summed E-state index contributed by atoms with van der Waals surface area (Å²) in [4.78, 5) is 11.7. The molecule has 2 aliphatic carbocycles. The molecule has 2 aliphatic rings. The maximum absolute atomic E-state index is 11.7. The molecule has 0 aliphatic heterocycles. The lowest BCUT2D eigenvalue weighted by molar-refractivity contribution is -0.140. The Morgan fingerprint density at radius 1 is 1.20 bits per heavy atom. The van der Waals surface area contributed by atoms with Crippen LogP contribution in [0.3, 0.4) is 0 Å². The van der Waals surface area contributed by atoms with Crippen LogP contribution in [0.25, 0.3) is 0 Å². The van der Waals surface area contributed by atoms with Crippen molar-refractivity contribution in [2.45, 2.75) is 32.6 Å². The third-order valence-electron chi connectivity index (χ3n) is 4.30. The van der Waals surface area contributed by atoms with E-state index in [0.717, 1.165) is 12.3 Å². The fourth-order valence-corrected chi connectivity index (χ4v) is 3.45. The number of amides is 1. The van der Waals surface area contributed by atoms with Gasteiger partial charge in [0.25, 0.3) is 0 Å². The van der Waals surface area contributed by atoms with Crippen LogP contribution < -0.4 is 5.32 Å². The molecule has 0 bridgehead atoms. The molecule has 1 amide bonds. The van der Waals surface area contributed by atoms with Crippen LogP contribution in [0.1, 0.15) is 32.6 Å². The second kappa shape index (κ2) is 4.38. The Morgan fingerprint density at radius 2 is 1.80 bits per heavy atom. The summed E-state index contributed by atoms with van der Waals surface area (Å²) < 4.78 is 0. The van der Waals surface area contributed by atoms with Crippen LogP contribution in [0, 0.1) is 23.7 Å². The van der Waals surface area contributed by atoms with Crippen molar-refractivity contribution in [3.05, 3.63) is 12.2 Å². The Bertz CT molecular complexity index is 272. The van der Waals surface area contributed by atoms with Crippen molar-refractivity contribution in [2.75, 3.05) is 7.05 Å². The molecule has 0 aromatic carbocycles. The molecular formula is C13H21NO. The highest BCUT2D eigenvalue weighted by Gasteiger charge is 2.49. The van der Waals surface area contributed by atoms with Gasteiger partial charge in [-0.2, -0.15) is 0 Å². The van der Waals surface area contributed by atoms with E-state index in [0.29, 0.717) is 11.8 Å². The fraction of sp³-hybridized carbons (Fsp3) is 0.769. The number of hydrogen-bond donors (Lipinski definition) is 1. The number of carbonyl (C=O) groups excluding carboxylic acids is 1. The Labute approximate surface area is 92.1 Å². The molecule has 0 aromatic rings. The molecule has 1 saturated carbocycles. The maximum atomic E-state index is 11.7. The van der Waals surface area contributed by atoms with Gasteiger partial charge in [0, 0.05) is 13.0 Å². The van der Waals surface area contributed by atoms with Crippen molar-refractivity contribution < 1.29 is 4.79 Å². The second-order valence-corrected chi connectivity index (χ2v) is 4.95. The molecule has 0 radical (unpaired) electrons. The van der Waals surface area contributed by atoms with Gasteiger partial charge in [-0.3, -0.25) is 4.79 Å². The molecule has 84 valence electrons. The van der Waals surface area contributed by atoms with Gasteiger partial charge in [0.05, 0.1) is 0 Å². The maximum Gasteiger partial charge on any atom is 0.223 e. The smallest absolute Gasteiger partial charge is 0.223 e. The zero-order valence-corrected chi connectivity index (χ0v) is 9.70. The first-order chi connectivity index (χ1) is 7.25. The molecule has 0 saturated heterocycles. The summed E-state index contributed by atoms with van der Waals surface area (Å²) >= 11 is 0. The van der Waals surface area contributed by atoms with E-state index in [2.05, 4.69) is 24.4 Å². The summed E-state index contributed by atoms with van der Waals surface area (Å²) in [6.07, 6.45) is 9.41. The number of hydrogen-bond acceptors (Lipinski definition) is 1. The van der Waals surface area contributed by atoms with Gasteiger partial charge in [-0.1, -0.05) is 19.1 Å². The molecule has 2 nitrogen and oxygen atoms in total. The highest BCUT2D eigenvalue weighted by molar-refractivity contribution is 5.80. The minimum absolute atomic E-state index is 0.258. The first-order valence-electron chi connectivity index (χ1n) is 6.12. The Balaban J connectivity index is 2.05. The predicted molar refractivity (Wildman–Crippen MR) is 61.3 cm³/mol. The van der Waals surface area contributed by atoms with E-state index in [-0.39, 0.29) is 11.8 Å². The molecule has 1 N–H and O–H groups in total. The number of allylic oxidation sites excluding steroid dienone is 2. The lowest BCUT2D eigenvalue weighted by atomic mass is 9.54. The third kappa shape index (κ3) is 1.82. The van der Waals surface area contributed by atoms with E-state index in [4.69, 9.17) is 0 Å². The quantitative estimate of drug-likeness (QED) is 0.657. The van der Waals surface area contributed by atoms with Crippen LogP contribution in [-0.2, 0) is 4.79 Å². The molecule has 4 atom stereocenters. The monoisotopic (exact) mass is 207 g/mol. The van der Waals surface area contributed by atoms with Gasteiger partial charge in [-0.05, 0) is 43.4 Å². The minimum Gasteiger partial charge on any atom is -0.359 e. The van der Waals surface area contributed by atoms with E-state index in [1.807, 2.05) is 0 Å². The summed E-state index contributed by atoms with van der Waals surface area (Å²) in [5.41, 5.74) is 0. The summed E-state index contributed by atoms with van der Waals surface area (Å²) in [5, 5.41) is 2.81. The van der Waals surface area contributed by atoms with Crippen molar-refractivity contribution in [2.24, 2.45) is 23.7 Å². The van der Waals surface area contributed by atoms with E-state index in [9.17, 15) is 4.79 Å². The van der Waals surface area contributed by atoms with Gasteiger partial charge in [0.2, 0.25) is 5.91 Å². The van der Waals surface area contributed by atoms with Gasteiger partial charge in [-0.15, -0.1) is 0 Å². The van der Waals surface area contributed by atoms with Crippen LogP contribution in [0.2, 0.25) is 0 Å². The molecule has 4 unspecified atom stereocenters. The highest BCUT2D eigenvalue weighted by atomic mass is 16.1. The van der Waals surface area contributed by atoms with Gasteiger partial charge in [0.1, 0.15) is 0 Å². The summed E-state index contributed by atoms with van der Waals surface area (Å²) in [6.45, 7) is 2.24. The van der Waals surface area contributed by atoms with Crippen LogP contribution in [0.15, 0.2) is 12.2 Å². The van der Waals surface area contributed by atoms with E-state index >= 15 is 0 Å². The molecule has 0 heterocycles. The average molecular weight is 207 g/mol. The average Bonchev–Trinajstić information content (AvgIpc) is 2.21. The SMILES string of the molecule is CNC(=O)C1C(C)C2CC/C=C/CCC21. The van der Waals surface area contributed by atoms with Gasteiger partial charge < -0.3 is 5.32 Å². The van der Waals surface area contributed by atoms with Gasteiger partial charge in [-0.25, -0.2) is 0 Å². The van der Waals surface area contributed by atoms with Crippen LogP contribution in [0.5, 0.6) is 0 Å². The largest absolute Gasteiger partial charge is 0.359 e. The fourth-order valence-electron chi connectivity index (χ4n) is 3.45. The number of fused-ring (bicyclic) bond motifs is 1. The first-order valence-corrected chi connectivity index (χ1v) is 6.12. The van der Waals surface area contributed by atoms with Crippen molar-refractivity contribution in [3.63, 3.8) is 0 Å². The summed E-state index contributed by atoms with van der Waals surface area (Å²) in [7, 11) is 1.76. The van der Waals surface area contributed by atoms with Gasteiger partial charge in [0.15, 0.2) is 0 Å². The summed E-state index contributed by atoms with van der Waals surface area (Å²) in [5.74, 6) is 2.56. The lowest BCUT2D eigenvalue weighted by Crippen LogP contribution is -2.52. The third-order valence-corrected chi connectivity index (χ3v) is 4.30. The molecule has 2 rings (SSSR count). The molecule has 15 heavy (non-hydrogen) atoms. The molecule has 0 aromatic heterocycles. The van der Waals surface area contributed by atoms with Gasteiger partial charge >= 0.3 is 0 Å². The molecule has 1 fully saturated rings. The zero-order valence-electron chi connectivity index (χ0n) is 9.70. The van der Waals surface area contributed by atoms with Crippen molar-refractivity contribution in [1.29, 1.82) is 0 Å². The van der Waals surface area contributed by atoms with E-state index in [1.54, 1.807) is 7.05 Å². The Hall–Kier alpha value is -0.790. The molecular weight excluding hydrogens is 186 g/mol. The predicted octanol–water partition coefficient (Wildman–Crippen LogP) is 2.36. The highest BCUT2D eigenvalue weighted by Crippen LogP contribution is 2.51. The van der Waals surface area contributed by atoms with Crippen LogP contribution in [0.4, 0.5) is 0 Å². The number of nitrogens with one attached hydrogen (secondary N) is 1. The first kappa shape index (κ1) is 10.7. The Morgan fingerprint density at radius 3 is 2.40 bits per heavy atom. The number of carbonyl (C=O) groups is 1. The van der Waals surface area contributed by atoms with Crippen LogP contribution in [-0.4, -0.2) is 13.0 Å². The number of rotatable bonds is 1.